The normalized spacial score (nSPS) is 10.8. The summed E-state index contributed by atoms with van der Waals surface area (Å²) < 4.78 is 0. The molecule has 0 aliphatic rings. The first-order chi connectivity index (χ1) is 14.0. The smallest absolute Gasteiger partial charge is 0.224 e. The van der Waals surface area contributed by atoms with E-state index in [1.165, 1.54) is 0 Å². The van der Waals surface area contributed by atoms with Gasteiger partial charge in [0.15, 0.2) is 0 Å². The second kappa shape index (κ2) is 9.68. The molecule has 8 heteroatoms. The summed E-state index contributed by atoms with van der Waals surface area (Å²) in [5.74, 6) is 2.99. The van der Waals surface area contributed by atoms with Crippen LogP contribution in [0.3, 0.4) is 0 Å². The Morgan fingerprint density at radius 3 is 2.59 bits per heavy atom. The van der Waals surface area contributed by atoms with Gasteiger partial charge in [0.2, 0.25) is 11.9 Å². The van der Waals surface area contributed by atoms with Crippen molar-refractivity contribution in [3.63, 3.8) is 0 Å². The summed E-state index contributed by atoms with van der Waals surface area (Å²) in [5, 5.41) is 6.56. The molecule has 0 atom stereocenters. The van der Waals surface area contributed by atoms with Crippen molar-refractivity contribution in [2.75, 3.05) is 47.9 Å². The predicted molar refractivity (Wildman–Crippen MR) is 119 cm³/mol. The molecule has 0 amide bonds. The molecule has 1 aromatic carbocycles. The van der Waals surface area contributed by atoms with Crippen LogP contribution in [0.25, 0.3) is 11.3 Å². The molecule has 0 saturated carbocycles. The molecule has 152 valence electrons. The SMILES string of the molecule is CC(C)CNc1nccc(NCCN(C)c2cc(-c3ccccc3)nc(N)n2)n1. The summed E-state index contributed by atoms with van der Waals surface area (Å²) >= 11 is 0. The van der Waals surface area contributed by atoms with E-state index in [-0.39, 0.29) is 5.95 Å². The third-order valence-corrected chi connectivity index (χ3v) is 4.27. The Hall–Kier alpha value is -3.42. The highest BCUT2D eigenvalue weighted by Crippen LogP contribution is 2.21. The van der Waals surface area contributed by atoms with Gasteiger partial charge < -0.3 is 21.3 Å². The number of likely N-dealkylation sites (N-methyl/N-ethyl adjacent to an activating group) is 1. The van der Waals surface area contributed by atoms with Crippen LogP contribution in [-0.2, 0) is 0 Å². The number of hydrogen-bond acceptors (Lipinski definition) is 8. The number of nitrogen functional groups attached to an aromatic ring is 1. The minimum Gasteiger partial charge on any atom is -0.368 e. The molecule has 3 aromatic rings. The second-order valence-corrected chi connectivity index (χ2v) is 7.22. The van der Waals surface area contributed by atoms with E-state index in [9.17, 15) is 0 Å². The number of nitrogens with one attached hydrogen (secondary N) is 2. The molecule has 3 rings (SSSR count). The number of benzene rings is 1. The summed E-state index contributed by atoms with van der Waals surface area (Å²) in [5.41, 5.74) is 7.75. The van der Waals surface area contributed by atoms with Gasteiger partial charge in [-0.25, -0.2) is 9.97 Å². The molecule has 0 aliphatic heterocycles. The summed E-state index contributed by atoms with van der Waals surface area (Å²) in [4.78, 5) is 19.5. The largest absolute Gasteiger partial charge is 0.368 e. The van der Waals surface area contributed by atoms with Crippen LogP contribution >= 0.6 is 0 Å². The second-order valence-electron chi connectivity index (χ2n) is 7.22. The van der Waals surface area contributed by atoms with E-state index in [1.807, 2.05) is 54.4 Å². The lowest BCUT2D eigenvalue weighted by molar-refractivity contribution is 0.684. The first kappa shape index (κ1) is 20.3. The predicted octanol–water partition coefficient (Wildman–Crippen LogP) is 3.13. The van der Waals surface area contributed by atoms with Gasteiger partial charge in [0.25, 0.3) is 0 Å². The van der Waals surface area contributed by atoms with Crippen molar-refractivity contribution in [1.82, 2.24) is 19.9 Å². The van der Waals surface area contributed by atoms with E-state index in [2.05, 4.69) is 44.4 Å². The van der Waals surface area contributed by atoms with E-state index in [4.69, 9.17) is 5.73 Å². The average Bonchev–Trinajstić information content (AvgIpc) is 2.72. The fourth-order valence-electron chi connectivity index (χ4n) is 2.71. The number of nitrogens with two attached hydrogens (primary N) is 1. The Kier molecular flexibility index (Phi) is 6.78. The van der Waals surface area contributed by atoms with Crippen LogP contribution in [0.2, 0.25) is 0 Å². The lowest BCUT2D eigenvalue weighted by Crippen LogP contribution is -2.26. The lowest BCUT2D eigenvalue weighted by Gasteiger charge is -2.19. The van der Waals surface area contributed by atoms with Gasteiger partial charge in [-0.1, -0.05) is 44.2 Å². The van der Waals surface area contributed by atoms with Gasteiger partial charge in [-0.15, -0.1) is 0 Å². The molecule has 2 aromatic heterocycles. The van der Waals surface area contributed by atoms with E-state index < -0.39 is 0 Å². The highest BCUT2D eigenvalue weighted by atomic mass is 15.2. The molecule has 29 heavy (non-hydrogen) atoms. The third kappa shape index (κ3) is 6.03. The molecule has 8 nitrogen and oxygen atoms in total. The van der Waals surface area contributed by atoms with Gasteiger partial charge in [0.1, 0.15) is 11.6 Å². The van der Waals surface area contributed by atoms with Gasteiger partial charge in [0, 0.05) is 44.5 Å². The molecular weight excluding hydrogens is 364 g/mol. The van der Waals surface area contributed by atoms with E-state index in [0.717, 1.165) is 36.0 Å². The average molecular weight is 393 g/mol. The zero-order valence-corrected chi connectivity index (χ0v) is 17.1. The Morgan fingerprint density at radius 2 is 1.83 bits per heavy atom. The maximum absolute atomic E-state index is 5.93. The van der Waals surface area contributed by atoms with Crippen LogP contribution < -0.4 is 21.3 Å². The van der Waals surface area contributed by atoms with E-state index >= 15 is 0 Å². The van der Waals surface area contributed by atoms with Gasteiger partial charge in [-0.2, -0.15) is 9.97 Å². The Morgan fingerprint density at radius 1 is 1.03 bits per heavy atom. The summed E-state index contributed by atoms with van der Waals surface area (Å²) in [6.45, 7) is 6.55. The molecule has 0 saturated heterocycles. The molecular formula is C21H28N8. The maximum Gasteiger partial charge on any atom is 0.224 e. The quantitative estimate of drug-likeness (QED) is 0.510. The van der Waals surface area contributed by atoms with Crippen LogP contribution in [-0.4, -0.2) is 46.6 Å². The van der Waals surface area contributed by atoms with Crippen molar-refractivity contribution in [1.29, 1.82) is 0 Å². The molecule has 4 N–H and O–H groups in total. The van der Waals surface area contributed by atoms with E-state index in [1.54, 1.807) is 6.20 Å². The number of nitrogens with zero attached hydrogens (tertiary/aromatic N) is 5. The van der Waals surface area contributed by atoms with Crippen LogP contribution in [0.1, 0.15) is 13.8 Å². The van der Waals surface area contributed by atoms with Gasteiger partial charge >= 0.3 is 0 Å². The summed E-state index contributed by atoms with van der Waals surface area (Å²) in [7, 11) is 1.98. The number of hydrogen-bond donors (Lipinski definition) is 3. The topological polar surface area (TPSA) is 105 Å². The number of aromatic nitrogens is 4. The van der Waals surface area contributed by atoms with Gasteiger partial charge in [-0.3, -0.25) is 0 Å². The molecule has 0 aliphatic carbocycles. The summed E-state index contributed by atoms with van der Waals surface area (Å²) in [6.07, 6.45) is 1.75. The van der Waals surface area contributed by atoms with Crippen LogP contribution in [0.5, 0.6) is 0 Å². The molecule has 0 spiro atoms. The molecule has 0 radical (unpaired) electrons. The Balaban J connectivity index is 1.59. The van der Waals surface area contributed by atoms with Gasteiger partial charge in [-0.05, 0) is 12.0 Å². The van der Waals surface area contributed by atoms with Crippen molar-refractivity contribution >= 4 is 23.5 Å². The van der Waals surface area contributed by atoms with E-state index in [0.29, 0.717) is 18.4 Å². The highest BCUT2D eigenvalue weighted by molar-refractivity contribution is 5.64. The number of anilines is 4. The van der Waals surface area contributed by atoms with Crippen molar-refractivity contribution < 1.29 is 0 Å². The van der Waals surface area contributed by atoms with Gasteiger partial charge in [0.05, 0.1) is 5.69 Å². The standard InChI is InChI=1S/C21H28N8/c1-15(2)14-25-21-24-10-9-18(27-21)23-11-12-29(3)19-13-17(26-20(22)28-19)16-7-5-4-6-8-16/h4-10,13,15H,11-12,14H2,1-3H3,(H2,22,26,28)(H2,23,24,25,27). The highest BCUT2D eigenvalue weighted by Gasteiger charge is 2.09. The van der Waals surface area contributed by atoms with Crippen molar-refractivity contribution in [3.05, 3.63) is 48.7 Å². The minimum absolute atomic E-state index is 0.262. The Labute approximate surface area is 171 Å². The van der Waals surface area contributed by atoms with Crippen molar-refractivity contribution in [3.8, 4) is 11.3 Å². The zero-order chi connectivity index (χ0) is 20.6. The minimum atomic E-state index is 0.262. The zero-order valence-electron chi connectivity index (χ0n) is 17.1. The van der Waals surface area contributed by atoms with Crippen LogP contribution in [0.4, 0.5) is 23.5 Å². The molecule has 0 bridgehead atoms. The summed E-state index contributed by atoms with van der Waals surface area (Å²) in [6, 6.07) is 13.8. The molecule has 2 heterocycles. The molecule has 0 unspecified atom stereocenters. The van der Waals surface area contributed by atoms with Crippen LogP contribution in [0, 0.1) is 5.92 Å². The first-order valence-corrected chi connectivity index (χ1v) is 9.73. The lowest BCUT2D eigenvalue weighted by atomic mass is 10.1. The first-order valence-electron chi connectivity index (χ1n) is 9.73. The fourth-order valence-corrected chi connectivity index (χ4v) is 2.71. The van der Waals surface area contributed by atoms with Crippen molar-refractivity contribution in [2.24, 2.45) is 5.92 Å². The fraction of sp³-hybridized carbons (Fsp3) is 0.333. The maximum atomic E-state index is 5.93. The Bertz CT molecular complexity index is 914. The van der Waals surface area contributed by atoms with Crippen molar-refractivity contribution in [2.45, 2.75) is 13.8 Å². The van der Waals surface area contributed by atoms with Crippen LogP contribution in [0.15, 0.2) is 48.7 Å². The third-order valence-electron chi connectivity index (χ3n) is 4.27. The monoisotopic (exact) mass is 392 g/mol. The number of rotatable bonds is 9. The molecule has 0 fully saturated rings.